The quantitative estimate of drug-likeness (QED) is 0.314. The second-order valence-corrected chi connectivity index (χ2v) is 10.1. The van der Waals surface area contributed by atoms with Gasteiger partial charge in [0.1, 0.15) is 16.7 Å². The normalized spacial score (nSPS) is 12.2. The van der Waals surface area contributed by atoms with Gasteiger partial charge in [0.2, 0.25) is 0 Å². The molecule has 39 heavy (non-hydrogen) atoms. The van der Waals surface area contributed by atoms with Crippen LogP contribution in [0.15, 0.2) is 53.3 Å². The summed E-state index contributed by atoms with van der Waals surface area (Å²) < 4.78 is 22.8. The van der Waals surface area contributed by atoms with Gasteiger partial charge in [-0.3, -0.25) is 9.36 Å². The van der Waals surface area contributed by atoms with Crippen LogP contribution in [0.4, 0.5) is 4.39 Å². The van der Waals surface area contributed by atoms with Crippen LogP contribution in [0.25, 0.3) is 5.65 Å². The van der Waals surface area contributed by atoms with Gasteiger partial charge in [0.15, 0.2) is 5.65 Å². The Morgan fingerprint density at radius 3 is 2.54 bits per heavy atom. The number of rotatable bonds is 10. The van der Waals surface area contributed by atoms with Gasteiger partial charge in [0, 0.05) is 6.54 Å². The molecular formula is C28H32ClFN6O3. The standard InChI is InChI=1S/C28H32ClFN6O3/c1-17(2)23(34(14-8-13-31)27(37)20-12-11-18(3)15-21(20)30)25-32-24-22(29)26(39-4)33-36(24)28(38)35(25)16-19-9-6-5-7-10-19/h5-7,9-12,15,17,23H,8,13-14,16,31H2,1-4H3/t23-/m1/s1. The van der Waals surface area contributed by atoms with E-state index in [2.05, 4.69) is 5.10 Å². The van der Waals surface area contributed by atoms with Crippen molar-refractivity contribution in [2.24, 2.45) is 11.7 Å². The van der Waals surface area contributed by atoms with Gasteiger partial charge in [0.05, 0.1) is 25.3 Å². The minimum atomic E-state index is -0.719. The molecule has 0 saturated carbocycles. The smallest absolute Gasteiger partial charge is 0.352 e. The SMILES string of the molecule is COc1nn2c(=O)n(Cc3ccccc3)c([C@@H](C(C)C)N(CCCN)C(=O)c3ccc(C)cc3F)nc2c1Cl. The highest BCUT2D eigenvalue weighted by molar-refractivity contribution is 6.34. The summed E-state index contributed by atoms with van der Waals surface area (Å²) in [5.74, 6) is -0.997. The van der Waals surface area contributed by atoms with Crippen LogP contribution in [0.1, 0.15) is 53.6 Å². The van der Waals surface area contributed by atoms with E-state index < -0.39 is 23.5 Å². The molecule has 1 amide bonds. The number of hydrogen-bond acceptors (Lipinski definition) is 6. The lowest BCUT2D eigenvalue weighted by Gasteiger charge is -2.35. The summed E-state index contributed by atoms with van der Waals surface area (Å²) in [7, 11) is 1.40. The average Bonchev–Trinajstić information content (AvgIpc) is 3.23. The van der Waals surface area contributed by atoms with Gasteiger partial charge in [-0.2, -0.15) is 4.52 Å². The predicted molar refractivity (Wildman–Crippen MR) is 148 cm³/mol. The fraction of sp³-hybridized carbons (Fsp3) is 0.357. The third-order valence-electron chi connectivity index (χ3n) is 6.51. The zero-order chi connectivity index (χ0) is 28.3. The van der Waals surface area contributed by atoms with E-state index in [1.54, 1.807) is 17.9 Å². The fourth-order valence-electron chi connectivity index (χ4n) is 4.63. The van der Waals surface area contributed by atoms with E-state index in [1.165, 1.54) is 23.8 Å². The molecule has 2 aromatic heterocycles. The van der Waals surface area contributed by atoms with Crippen LogP contribution >= 0.6 is 11.6 Å². The number of methoxy groups -OCH3 is 1. The summed E-state index contributed by atoms with van der Waals surface area (Å²) in [5, 5.41) is 4.27. The van der Waals surface area contributed by atoms with Crippen LogP contribution in [0, 0.1) is 18.7 Å². The number of carbonyl (C=O) groups is 1. The maximum Gasteiger partial charge on any atom is 0.352 e. The number of hydrogen-bond donors (Lipinski definition) is 1. The van der Waals surface area contributed by atoms with E-state index in [0.29, 0.717) is 24.4 Å². The Balaban J connectivity index is 1.97. The van der Waals surface area contributed by atoms with Crippen LogP contribution in [0.2, 0.25) is 5.02 Å². The Kier molecular flexibility index (Phi) is 8.66. The monoisotopic (exact) mass is 554 g/mol. The third kappa shape index (κ3) is 5.67. The second kappa shape index (κ2) is 12.0. The molecular weight excluding hydrogens is 523 g/mol. The Bertz CT molecular complexity index is 1540. The number of nitrogens with zero attached hydrogens (tertiary/aromatic N) is 5. The lowest BCUT2D eigenvalue weighted by molar-refractivity contribution is 0.0597. The number of ether oxygens (including phenoxy) is 1. The first-order valence-corrected chi connectivity index (χ1v) is 13.1. The van der Waals surface area contributed by atoms with E-state index in [-0.39, 0.29) is 41.1 Å². The number of fused-ring (bicyclic) bond motifs is 1. The molecule has 2 heterocycles. The minimum Gasteiger partial charge on any atom is -0.479 e. The van der Waals surface area contributed by atoms with E-state index in [9.17, 15) is 14.0 Å². The third-order valence-corrected chi connectivity index (χ3v) is 6.84. The second-order valence-electron chi connectivity index (χ2n) is 9.70. The topological polar surface area (TPSA) is 108 Å². The Hall–Kier alpha value is -3.76. The molecule has 9 nitrogen and oxygen atoms in total. The molecule has 2 aromatic carbocycles. The number of nitrogens with two attached hydrogens (primary N) is 1. The molecule has 2 N–H and O–H groups in total. The lowest BCUT2D eigenvalue weighted by Crippen LogP contribution is -2.43. The first-order chi connectivity index (χ1) is 18.7. The summed E-state index contributed by atoms with van der Waals surface area (Å²) in [6.45, 7) is 6.31. The van der Waals surface area contributed by atoms with Gasteiger partial charge in [-0.05, 0) is 49.1 Å². The molecule has 4 aromatic rings. The lowest BCUT2D eigenvalue weighted by atomic mass is 9.99. The number of benzene rings is 2. The summed E-state index contributed by atoms with van der Waals surface area (Å²) in [6.07, 6.45) is 0.467. The molecule has 1 atom stereocenters. The zero-order valence-corrected chi connectivity index (χ0v) is 23.2. The summed E-state index contributed by atoms with van der Waals surface area (Å²) >= 11 is 6.49. The van der Waals surface area contributed by atoms with Crippen molar-refractivity contribution < 1.29 is 13.9 Å². The van der Waals surface area contributed by atoms with Gasteiger partial charge < -0.3 is 15.4 Å². The molecule has 0 spiro atoms. The number of halogens is 2. The average molecular weight is 555 g/mol. The molecule has 0 aliphatic heterocycles. The first-order valence-electron chi connectivity index (χ1n) is 12.7. The maximum absolute atomic E-state index is 15.0. The number of carbonyl (C=O) groups excluding carboxylic acids is 1. The molecule has 0 aliphatic carbocycles. The van der Waals surface area contributed by atoms with Crippen molar-refractivity contribution in [3.63, 3.8) is 0 Å². The van der Waals surface area contributed by atoms with Crippen LogP contribution in [0.3, 0.4) is 0 Å². The van der Waals surface area contributed by atoms with Gasteiger partial charge in [0.25, 0.3) is 11.8 Å². The fourth-order valence-corrected chi connectivity index (χ4v) is 4.86. The summed E-state index contributed by atoms with van der Waals surface area (Å²) in [6, 6.07) is 13.2. The van der Waals surface area contributed by atoms with Gasteiger partial charge in [-0.15, -0.1) is 5.10 Å². The predicted octanol–water partition coefficient (Wildman–Crippen LogP) is 4.24. The van der Waals surface area contributed by atoms with Crippen LogP contribution in [0.5, 0.6) is 5.88 Å². The van der Waals surface area contributed by atoms with Crippen molar-refractivity contribution in [1.82, 2.24) is 24.1 Å². The van der Waals surface area contributed by atoms with Crippen molar-refractivity contribution in [2.45, 2.75) is 39.8 Å². The molecule has 0 aliphatic rings. The van der Waals surface area contributed by atoms with Crippen LogP contribution in [-0.4, -0.2) is 50.2 Å². The Labute approximate surface area is 231 Å². The largest absolute Gasteiger partial charge is 0.479 e. The Morgan fingerprint density at radius 2 is 1.92 bits per heavy atom. The zero-order valence-electron chi connectivity index (χ0n) is 22.4. The van der Waals surface area contributed by atoms with E-state index in [1.807, 2.05) is 44.2 Å². The molecule has 0 saturated heterocycles. The molecule has 0 unspecified atom stereocenters. The highest BCUT2D eigenvalue weighted by atomic mass is 35.5. The summed E-state index contributed by atoms with van der Waals surface area (Å²) in [4.78, 5) is 34.1. The van der Waals surface area contributed by atoms with E-state index in [4.69, 9.17) is 27.1 Å². The van der Waals surface area contributed by atoms with Gasteiger partial charge in [-0.1, -0.05) is 61.8 Å². The highest BCUT2D eigenvalue weighted by Crippen LogP contribution is 2.32. The molecule has 11 heteroatoms. The molecule has 0 fully saturated rings. The van der Waals surface area contributed by atoms with Crippen molar-refractivity contribution in [1.29, 1.82) is 0 Å². The van der Waals surface area contributed by atoms with Crippen molar-refractivity contribution in [3.05, 3.63) is 92.4 Å². The number of amides is 1. The van der Waals surface area contributed by atoms with E-state index in [0.717, 1.165) is 10.1 Å². The van der Waals surface area contributed by atoms with Gasteiger partial charge in [-0.25, -0.2) is 14.2 Å². The molecule has 206 valence electrons. The van der Waals surface area contributed by atoms with E-state index >= 15 is 0 Å². The van der Waals surface area contributed by atoms with Crippen LogP contribution < -0.4 is 16.2 Å². The van der Waals surface area contributed by atoms with Crippen molar-refractivity contribution in [3.8, 4) is 5.88 Å². The Morgan fingerprint density at radius 1 is 1.21 bits per heavy atom. The van der Waals surface area contributed by atoms with Crippen molar-refractivity contribution in [2.75, 3.05) is 20.2 Å². The molecule has 4 rings (SSSR count). The van der Waals surface area contributed by atoms with Gasteiger partial charge >= 0.3 is 5.69 Å². The molecule has 0 bridgehead atoms. The first kappa shape index (κ1) is 28.3. The molecule has 0 radical (unpaired) electrons. The number of aryl methyl sites for hydroxylation is 1. The van der Waals surface area contributed by atoms with Crippen molar-refractivity contribution >= 4 is 23.2 Å². The minimum absolute atomic E-state index is 0.0589. The van der Waals surface area contributed by atoms with Crippen LogP contribution in [-0.2, 0) is 6.54 Å². The maximum atomic E-state index is 15.0. The number of aromatic nitrogens is 4. The highest BCUT2D eigenvalue weighted by Gasteiger charge is 2.34. The summed E-state index contributed by atoms with van der Waals surface area (Å²) in [5.41, 5.74) is 6.91.